The van der Waals surface area contributed by atoms with Gasteiger partial charge in [-0.1, -0.05) is 60.7 Å². The maximum Gasteiger partial charge on any atom is 0.261 e. The van der Waals surface area contributed by atoms with Gasteiger partial charge in [-0.05, 0) is 71.3 Å². The average molecular weight is 545 g/mol. The molecule has 0 aliphatic carbocycles. The molecular weight excluding hydrogens is 520 g/mol. The molecule has 4 aromatic carbocycles. The summed E-state index contributed by atoms with van der Waals surface area (Å²) in [4.78, 5) is 17.5. The van der Waals surface area contributed by atoms with Crippen LogP contribution in [0.2, 0.25) is 0 Å². The van der Waals surface area contributed by atoms with Crippen LogP contribution in [-0.4, -0.2) is 19.3 Å². The van der Waals surface area contributed by atoms with E-state index in [1.54, 1.807) is 42.7 Å². The summed E-state index contributed by atoms with van der Waals surface area (Å²) in [6.07, 6.45) is 3.50. The third kappa shape index (κ3) is 5.08. The molecule has 0 spiro atoms. The Morgan fingerprint density at radius 1 is 0.700 bits per heavy atom. The van der Waals surface area contributed by atoms with Crippen LogP contribution in [-0.2, 0) is 14.8 Å². The van der Waals surface area contributed by atoms with E-state index < -0.39 is 10.0 Å². The summed E-state index contributed by atoms with van der Waals surface area (Å²) >= 11 is 0. The number of fused-ring (bicyclic) bond motifs is 1. The lowest BCUT2D eigenvalue weighted by atomic mass is 10.00. The smallest absolute Gasteiger partial charge is 0.261 e. The molecule has 8 heteroatoms. The molecule has 3 N–H and O–H groups in total. The number of benzene rings is 4. The predicted molar refractivity (Wildman–Crippen MR) is 159 cm³/mol. The van der Waals surface area contributed by atoms with Crippen molar-refractivity contribution in [3.05, 3.63) is 139 Å². The molecule has 0 bridgehead atoms. The molecule has 1 aliphatic rings. The largest absolute Gasteiger partial charge is 0.354 e. The first-order chi connectivity index (χ1) is 19.5. The molecule has 2 heterocycles. The van der Waals surface area contributed by atoms with Crippen LogP contribution >= 0.6 is 0 Å². The molecule has 196 valence electrons. The summed E-state index contributed by atoms with van der Waals surface area (Å²) in [5, 5.41) is 6.31. The number of nitrogens with one attached hydrogen (secondary N) is 3. The van der Waals surface area contributed by atoms with E-state index in [4.69, 9.17) is 0 Å². The summed E-state index contributed by atoms with van der Waals surface area (Å²) in [5.74, 6) is -0.319. The summed E-state index contributed by atoms with van der Waals surface area (Å²) in [5.41, 5.74) is 6.07. The van der Waals surface area contributed by atoms with Gasteiger partial charge in [-0.15, -0.1) is 0 Å². The van der Waals surface area contributed by atoms with Gasteiger partial charge >= 0.3 is 0 Å². The van der Waals surface area contributed by atoms with E-state index in [0.717, 1.165) is 22.4 Å². The molecule has 1 aromatic heterocycles. The average Bonchev–Trinajstić information content (AvgIpc) is 3.32. The van der Waals surface area contributed by atoms with Crippen molar-refractivity contribution in [2.45, 2.75) is 4.90 Å². The number of sulfonamides is 1. The Morgan fingerprint density at radius 3 is 2.05 bits per heavy atom. The molecule has 6 rings (SSSR count). The molecule has 1 amide bonds. The molecule has 0 saturated carbocycles. The summed E-state index contributed by atoms with van der Waals surface area (Å²) < 4.78 is 29.0. The Morgan fingerprint density at radius 2 is 1.35 bits per heavy atom. The fraction of sp³-hybridized carbons (Fsp3) is 0. The van der Waals surface area contributed by atoms with Gasteiger partial charge in [-0.3, -0.25) is 14.5 Å². The number of hydrogen-bond acceptors (Lipinski definition) is 5. The third-order valence-corrected chi connectivity index (χ3v) is 7.93. The Hall–Kier alpha value is -5.21. The van der Waals surface area contributed by atoms with Crippen molar-refractivity contribution in [3.8, 4) is 11.1 Å². The van der Waals surface area contributed by atoms with Gasteiger partial charge in [0.15, 0.2) is 0 Å². The number of pyridine rings is 1. The van der Waals surface area contributed by atoms with Crippen LogP contribution < -0.4 is 15.4 Å². The molecule has 0 saturated heterocycles. The zero-order valence-corrected chi connectivity index (χ0v) is 22.0. The van der Waals surface area contributed by atoms with E-state index in [1.165, 1.54) is 12.1 Å². The van der Waals surface area contributed by atoms with E-state index in [0.29, 0.717) is 28.2 Å². The van der Waals surface area contributed by atoms with Crippen LogP contribution in [0.5, 0.6) is 0 Å². The Kier molecular flexibility index (Phi) is 6.59. The Bertz CT molecular complexity index is 1820. The lowest BCUT2D eigenvalue weighted by molar-refractivity contribution is -0.110. The van der Waals surface area contributed by atoms with Crippen molar-refractivity contribution in [2.24, 2.45) is 0 Å². The highest BCUT2D eigenvalue weighted by Gasteiger charge is 2.30. The van der Waals surface area contributed by atoms with Crippen molar-refractivity contribution in [1.29, 1.82) is 0 Å². The minimum absolute atomic E-state index is 0.0539. The highest BCUT2D eigenvalue weighted by Crippen LogP contribution is 2.39. The second-order valence-electron chi connectivity index (χ2n) is 9.19. The SMILES string of the molecule is O=C1Nc2ccc(S(=O)(=O)Nc3ccccc3)cc2/C1=C(/Nc1ccc(-c2ccncc2)cc1)c1ccccc1. The second kappa shape index (κ2) is 10.5. The third-order valence-electron chi connectivity index (χ3n) is 6.55. The van der Waals surface area contributed by atoms with E-state index >= 15 is 0 Å². The number of rotatable bonds is 7. The van der Waals surface area contributed by atoms with Crippen molar-refractivity contribution in [2.75, 3.05) is 15.4 Å². The first-order valence-electron chi connectivity index (χ1n) is 12.6. The number of nitrogens with zero attached hydrogens (tertiary/aromatic N) is 1. The normalized spacial score (nSPS) is 13.8. The van der Waals surface area contributed by atoms with Crippen molar-refractivity contribution < 1.29 is 13.2 Å². The number of amides is 1. The van der Waals surface area contributed by atoms with Crippen molar-refractivity contribution >= 4 is 44.3 Å². The molecule has 7 nitrogen and oxygen atoms in total. The number of carbonyl (C=O) groups excluding carboxylic acids is 1. The molecule has 1 aliphatic heterocycles. The van der Waals surface area contributed by atoms with Gasteiger partial charge < -0.3 is 10.6 Å². The number of aromatic nitrogens is 1. The fourth-order valence-electron chi connectivity index (χ4n) is 4.60. The minimum Gasteiger partial charge on any atom is -0.354 e. The van der Waals surface area contributed by atoms with Crippen LogP contribution in [0.4, 0.5) is 17.1 Å². The van der Waals surface area contributed by atoms with Gasteiger partial charge in [-0.25, -0.2) is 8.42 Å². The molecule has 0 fully saturated rings. The van der Waals surface area contributed by atoms with E-state index in [2.05, 4.69) is 20.3 Å². The lowest BCUT2D eigenvalue weighted by Gasteiger charge is -2.16. The first-order valence-corrected chi connectivity index (χ1v) is 14.1. The first kappa shape index (κ1) is 25.1. The van der Waals surface area contributed by atoms with Crippen LogP contribution in [0.1, 0.15) is 11.1 Å². The number of para-hydroxylation sites is 1. The van der Waals surface area contributed by atoms with Crippen molar-refractivity contribution in [3.63, 3.8) is 0 Å². The van der Waals surface area contributed by atoms with Gasteiger partial charge in [0.25, 0.3) is 15.9 Å². The lowest BCUT2D eigenvalue weighted by Crippen LogP contribution is -2.13. The molecule has 5 aromatic rings. The summed E-state index contributed by atoms with van der Waals surface area (Å²) in [6, 6.07) is 34.6. The standard InChI is InChI=1S/C32H24N4O3S/c37-32-30(28-21-27(15-16-29(28)35-32)40(38,39)36-26-9-5-2-6-10-26)31(24-7-3-1-4-8-24)34-25-13-11-22(12-14-25)23-17-19-33-20-18-23/h1-21,34,36H,(H,35,37)/b31-30-. The zero-order valence-electron chi connectivity index (χ0n) is 21.2. The molecule has 0 unspecified atom stereocenters. The van der Waals surface area contributed by atoms with Crippen LogP contribution in [0.3, 0.4) is 0 Å². The van der Waals surface area contributed by atoms with Crippen LogP contribution in [0.25, 0.3) is 22.4 Å². The highest BCUT2D eigenvalue weighted by molar-refractivity contribution is 7.92. The zero-order chi connectivity index (χ0) is 27.5. The number of hydrogen-bond donors (Lipinski definition) is 3. The van der Waals surface area contributed by atoms with Gasteiger partial charge in [-0.2, -0.15) is 0 Å². The fourth-order valence-corrected chi connectivity index (χ4v) is 5.68. The molecule has 0 atom stereocenters. The van der Waals surface area contributed by atoms with Crippen LogP contribution in [0.15, 0.2) is 133 Å². The van der Waals surface area contributed by atoms with E-state index in [1.807, 2.05) is 72.8 Å². The van der Waals surface area contributed by atoms with Gasteiger partial charge in [0.1, 0.15) is 0 Å². The monoisotopic (exact) mass is 544 g/mol. The maximum absolute atomic E-state index is 13.3. The van der Waals surface area contributed by atoms with Gasteiger partial charge in [0.2, 0.25) is 0 Å². The van der Waals surface area contributed by atoms with Crippen LogP contribution in [0, 0.1) is 0 Å². The minimum atomic E-state index is -3.89. The molecular formula is C32H24N4O3S. The predicted octanol–water partition coefficient (Wildman–Crippen LogP) is 6.48. The summed E-state index contributed by atoms with van der Waals surface area (Å²) in [7, 11) is -3.89. The quantitative estimate of drug-likeness (QED) is 0.204. The van der Waals surface area contributed by atoms with E-state index in [9.17, 15) is 13.2 Å². The highest BCUT2D eigenvalue weighted by atomic mass is 32.2. The van der Waals surface area contributed by atoms with E-state index in [-0.39, 0.29) is 10.8 Å². The number of anilines is 3. The molecule has 0 radical (unpaired) electrons. The van der Waals surface area contributed by atoms with Crippen molar-refractivity contribution in [1.82, 2.24) is 4.98 Å². The van der Waals surface area contributed by atoms with Gasteiger partial charge in [0, 0.05) is 35.0 Å². The Labute approximate surface area is 232 Å². The maximum atomic E-state index is 13.3. The topological polar surface area (TPSA) is 100 Å². The number of carbonyl (C=O) groups is 1. The summed E-state index contributed by atoms with van der Waals surface area (Å²) in [6.45, 7) is 0. The van der Waals surface area contributed by atoms with Gasteiger partial charge in [0.05, 0.1) is 16.2 Å². The Balaban J connectivity index is 1.42. The second-order valence-corrected chi connectivity index (χ2v) is 10.9. The molecule has 40 heavy (non-hydrogen) atoms.